The third-order valence-corrected chi connectivity index (χ3v) is 8.58. The van der Waals surface area contributed by atoms with E-state index in [-0.39, 0.29) is 0 Å². The molecule has 2 rings (SSSR count). The van der Waals surface area contributed by atoms with Crippen LogP contribution in [0.5, 0.6) is 0 Å². The molecule has 1 heterocycles. The van der Waals surface area contributed by atoms with Crippen LogP contribution in [0.25, 0.3) is 10.8 Å². The Hall–Kier alpha value is -1.41. The van der Waals surface area contributed by atoms with Crippen LogP contribution in [0.3, 0.4) is 0 Å². The van der Waals surface area contributed by atoms with E-state index in [0.29, 0.717) is 6.61 Å². The molecule has 1 aromatic carbocycles. The molecule has 0 amide bonds. The minimum Gasteiger partial charge on any atom is -0.375 e. The maximum absolute atomic E-state index is 5.86. The average molecular weight is 552 g/mol. The Morgan fingerprint density at radius 3 is 1.27 bits per heavy atom. The van der Waals surface area contributed by atoms with Gasteiger partial charge in [0.05, 0.1) is 12.3 Å². The van der Waals surface area contributed by atoms with Crippen molar-refractivity contribution in [1.29, 1.82) is 0 Å². The molecule has 0 aliphatic heterocycles. The highest BCUT2D eigenvalue weighted by atomic mass is 16.5. The zero-order valence-corrected chi connectivity index (χ0v) is 26.6. The van der Waals surface area contributed by atoms with Crippen LogP contribution in [0.15, 0.2) is 36.5 Å². The fourth-order valence-electron chi connectivity index (χ4n) is 5.90. The van der Waals surface area contributed by atoms with Gasteiger partial charge in [-0.2, -0.15) is 0 Å². The number of benzene rings is 1. The van der Waals surface area contributed by atoms with Crippen LogP contribution in [-0.4, -0.2) is 11.6 Å². The minimum absolute atomic E-state index is 0.629. The molecule has 0 radical (unpaired) electrons. The number of nitrogens with zero attached hydrogens (tertiary/aromatic N) is 1. The van der Waals surface area contributed by atoms with Gasteiger partial charge in [-0.3, -0.25) is 4.98 Å². The molecule has 40 heavy (non-hydrogen) atoms. The molecule has 2 nitrogen and oxygen atoms in total. The van der Waals surface area contributed by atoms with Crippen LogP contribution in [0.1, 0.15) is 180 Å². The lowest BCUT2D eigenvalue weighted by atomic mass is 10.0. The number of unbranched alkanes of at least 4 members (excludes halogenated alkanes) is 25. The van der Waals surface area contributed by atoms with Gasteiger partial charge in [0.1, 0.15) is 0 Å². The van der Waals surface area contributed by atoms with Crippen LogP contribution >= 0.6 is 0 Å². The van der Waals surface area contributed by atoms with Crippen LogP contribution in [0, 0.1) is 0 Å². The molecule has 228 valence electrons. The van der Waals surface area contributed by atoms with Gasteiger partial charge in [-0.25, -0.2) is 0 Å². The number of ether oxygens (including phenoxy) is 1. The first-order valence-corrected chi connectivity index (χ1v) is 17.8. The Bertz CT molecular complexity index is 803. The fraction of sp³-hybridized carbons (Fsp3) is 0.763. The number of hydrogen-bond acceptors (Lipinski definition) is 2. The second-order valence-electron chi connectivity index (χ2n) is 12.4. The van der Waals surface area contributed by atoms with E-state index >= 15 is 0 Å². The molecule has 2 aromatic rings. The Morgan fingerprint density at radius 1 is 0.475 bits per heavy atom. The quantitative estimate of drug-likeness (QED) is 0.0938. The number of pyridine rings is 1. The summed E-state index contributed by atoms with van der Waals surface area (Å²) in [6.07, 6.45) is 39.3. The van der Waals surface area contributed by atoms with Gasteiger partial charge in [-0.15, -0.1) is 0 Å². The molecule has 0 spiro atoms. The van der Waals surface area contributed by atoms with E-state index in [1.54, 1.807) is 0 Å². The lowest BCUT2D eigenvalue weighted by Crippen LogP contribution is -1.98. The highest BCUT2D eigenvalue weighted by Gasteiger charge is 1.99. The van der Waals surface area contributed by atoms with Crippen LogP contribution < -0.4 is 0 Å². The number of rotatable bonds is 29. The zero-order valence-electron chi connectivity index (χ0n) is 26.6. The van der Waals surface area contributed by atoms with Gasteiger partial charge < -0.3 is 4.74 Å². The molecule has 0 N–H and O–H groups in total. The molecule has 0 saturated carbocycles. The number of hydrogen-bond donors (Lipinski definition) is 0. The summed E-state index contributed by atoms with van der Waals surface area (Å²) in [5, 5.41) is 2.44. The third kappa shape index (κ3) is 19.6. The van der Waals surface area contributed by atoms with Crippen molar-refractivity contribution >= 4 is 10.8 Å². The van der Waals surface area contributed by atoms with Crippen molar-refractivity contribution in [1.82, 2.24) is 4.98 Å². The lowest BCUT2D eigenvalue weighted by Gasteiger charge is -2.06. The summed E-state index contributed by atoms with van der Waals surface area (Å²) < 4.78 is 5.86. The van der Waals surface area contributed by atoms with Gasteiger partial charge in [-0.1, -0.05) is 192 Å². The molecule has 2 heteroatoms. The van der Waals surface area contributed by atoms with E-state index in [2.05, 4.69) is 42.2 Å². The SMILES string of the molecule is CCCCCCCCCCCCCCCCCCCCCCCCCCCCOCc1cc2ccccc2cn1. The van der Waals surface area contributed by atoms with Crippen LogP contribution in [-0.2, 0) is 11.3 Å². The molecular weight excluding hydrogens is 486 g/mol. The van der Waals surface area contributed by atoms with Crippen molar-refractivity contribution in [3.05, 3.63) is 42.2 Å². The Morgan fingerprint density at radius 2 is 0.850 bits per heavy atom. The summed E-state index contributed by atoms with van der Waals surface area (Å²) >= 11 is 0. The fourth-order valence-corrected chi connectivity index (χ4v) is 5.90. The van der Waals surface area contributed by atoms with Crippen molar-refractivity contribution in [2.45, 2.75) is 180 Å². The van der Waals surface area contributed by atoms with E-state index in [1.165, 1.54) is 178 Å². The van der Waals surface area contributed by atoms with E-state index in [9.17, 15) is 0 Å². The van der Waals surface area contributed by atoms with Crippen LogP contribution in [0.2, 0.25) is 0 Å². The molecule has 0 fully saturated rings. The van der Waals surface area contributed by atoms with Gasteiger partial charge in [-0.05, 0) is 17.9 Å². The Labute approximate surface area is 249 Å². The smallest absolute Gasteiger partial charge is 0.0888 e. The minimum atomic E-state index is 0.629. The maximum atomic E-state index is 5.86. The molecular formula is C38H65NO. The lowest BCUT2D eigenvalue weighted by molar-refractivity contribution is 0.114. The summed E-state index contributed by atoms with van der Waals surface area (Å²) in [5.74, 6) is 0. The first-order valence-electron chi connectivity index (χ1n) is 17.8. The van der Waals surface area contributed by atoms with E-state index in [4.69, 9.17) is 4.74 Å². The van der Waals surface area contributed by atoms with Crippen molar-refractivity contribution < 1.29 is 4.74 Å². The molecule has 0 aliphatic rings. The van der Waals surface area contributed by atoms with Gasteiger partial charge >= 0.3 is 0 Å². The van der Waals surface area contributed by atoms with Gasteiger partial charge in [0.15, 0.2) is 0 Å². The average Bonchev–Trinajstić information content (AvgIpc) is 2.98. The molecule has 0 saturated heterocycles. The van der Waals surface area contributed by atoms with Crippen LogP contribution in [0.4, 0.5) is 0 Å². The number of aromatic nitrogens is 1. The normalized spacial score (nSPS) is 11.5. The van der Waals surface area contributed by atoms with Crippen molar-refractivity contribution in [3.8, 4) is 0 Å². The van der Waals surface area contributed by atoms with Crippen molar-refractivity contribution in [3.63, 3.8) is 0 Å². The molecule has 0 aliphatic carbocycles. The zero-order chi connectivity index (χ0) is 28.2. The summed E-state index contributed by atoms with van der Waals surface area (Å²) in [7, 11) is 0. The second kappa shape index (κ2) is 26.5. The molecule has 0 bridgehead atoms. The highest BCUT2D eigenvalue weighted by Crippen LogP contribution is 2.17. The number of fused-ring (bicyclic) bond motifs is 1. The largest absolute Gasteiger partial charge is 0.375 e. The summed E-state index contributed by atoms with van der Waals surface area (Å²) in [4.78, 5) is 4.52. The van der Waals surface area contributed by atoms with Gasteiger partial charge in [0, 0.05) is 18.2 Å². The predicted molar refractivity (Wildman–Crippen MR) is 177 cm³/mol. The van der Waals surface area contributed by atoms with Crippen molar-refractivity contribution in [2.75, 3.05) is 6.61 Å². The molecule has 0 unspecified atom stereocenters. The maximum Gasteiger partial charge on any atom is 0.0888 e. The highest BCUT2D eigenvalue weighted by molar-refractivity contribution is 5.81. The Balaban J connectivity index is 1.20. The first kappa shape index (κ1) is 34.8. The van der Waals surface area contributed by atoms with E-state index < -0.39 is 0 Å². The first-order chi connectivity index (χ1) is 19.9. The standard InChI is InChI=1S/C38H65NO/c1-2-3-4-5-6-7-8-9-10-11-12-13-14-15-16-17-18-19-20-21-22-23-24-25-26-29-32-40-35-38-33-36-30-27-28-31-37(36)34-39-38/h27-28,30-31,33-34H,2-26,29,32,35H2,1H3. The van der Waals surface area contributed by atoms with Gasteiger partial charge in [0.2, 0.25) is 0 Å². The van der Waals surface area contributed by atoms with E-state index in [1.807, 2.05) is 6.20 Å². The summed E-state index contributed by atoms with van der Waals surface area (Å²) in [6.45, 7) is 3.79. The Kier molecular flexibility index (Phi) is 23.0. The molecule has 0 atom stereocenters. The van der Waals surface area contributed by atoms with Gasteiger partial charge in [0.25, 0.3) is 0 Å². The topological polar surface area (TPSA) is 22.1 Å². The van der Waals surface area contributed by atoms with E-state index in [0.717, 1.165) is 12.3 Å². The monoisotopic (exact) mass is 552 g/mol. The summed E-state index contributed by atoms with van der Waals surface area (Å²) in [6, 6.07) is 10.5. The second-order valence-corrected chi connectivity index (χ2v) is 12.4. The predicted octanol–water partition coefficient (Wildman–Crippen LogP) is 12.9. The third-order valence-electron chi connectivity index (χ3n) is 8.58. The molecule has 1 aromatic heterocycles. The summed E-state index contributed by atoms with van der Waals surface area (Å²) in [5.41, 5.74) is 1.04. The van der Waals surface area contributed by atoms with Crippen molar-refractivity contribution in [2.24, 2.45) is 0 Å².